The van der Waals surface area contributed by atoms with Gasteiger partial charge in [0.15, 0.2) is 0 Å². The van der Waals surface area contributed by atoms with Gasteiger partial charge in [-0.1, -0.05) is 0 Å². The molecule has 0 spiro atoms. The molecular formula is C16H20IN6O-. The quantitative estimate of drug-likeness (QED) is 0.358. The van der Waals surface area contributed by atoms with Crippen molar-refractivity contribution in [2.45, 2.75) is 23.7 Å². The number of anilines is 1. The van der Waals surface area contributed by atoms with Gasteiger partial charge in [-0.3, -0.25) is 0 Å². The molecule has 7 nitrogen and oxygen atoms in total. The summed E-state index contributed by atoms with van der Waals surface area (Å²) < 4.78 is 2.71. The number of aromatic amines is 1. The number of hydrogen-bond acceptors (Lipinski definition) is 5. The zero-order valence-electron chi connectivity index (χ0n) is 13.7. The predicted octanol–water partition coefficient (Wildman–Crippen LogP) is -1.45. The topological polar surface area (TPSA) is 88.9 Å². The van der Waals surface area contributed by atoms with Crippen LogP contribution in [0, 0.1) is 17.2 Å². The molecule has 0 radical (unpaired) electrons. The Morgan fingerprint density at radius 2 is 2.42 bits per heavy atom. The molecule has 1 fully saturated rings. The van der Waals surface area contributed by atoms with Gasteiger partial charge in [-0.05, 0) is 0 Å². The maximum absolute atomic E-state index is 12.0. The molecule has 3 heterocycles. The molecule has 1 N–H and O–H groups in total. The van der Waals surface area contributed by atoms with Crippen LogP contribution in [0.25, 0.3) is 11.0 Å². The molecule has 3 rings (SSSR count). The number of alkyl halides is 1. The molecule has 2 aromatic rings. The van der Waals surface area contributed by atoms with Crippen LogP contribution in [0.15, 0.2) is 18.6 Å². The van der Waals surface area contributed by atoms with Crippen LogP contribution in [0.2, 0.25) is 0 Å². The van der Waals surface area contributed by atoms with Crippen molar-refractivity contribution in [3.63, 3.8) is 0 Å². The number of amides is 1. The Hall–Kier alpha value is -1.89. The number of aromatic nitrogens is 3. The molecule has 0 aliphatic carbocycles. The van der Waals surface area contributed by atoms with Crippen LogP contribution in [0.3, 0.4) is 0 Å². The number of nitrogens with zero attached hydrogens (tertiary/aromatic N) is 5. The Balaban J connectivity index is 1.73. The first-order chi connectivity index (χ1) is 11.6. The van der Waals surface area contributed by atoms with Crippen molar-refractivity contribution in [3.8, 4) is 6.07 Å². The van der Waals surface area contributed by atoms with E-state index in [0.717, 1.165) is 36.4 Å². The molecule has 1 aliphatic rings. The number of nitrogens with one attached hydrogen (secondary N) is 1. The molecule has 1 aliphatic heterocycles. The molecule has 24 heavy (non-hydrogen) atoms. The summed E-state index contributed by atoms with van der Waals surface area (Å²) in [6.07, 6.45) is 4.44. The van der Waals surface area contributed by atoms with Crippen molar-refractivity contribution in [2.75, 3.05) is 23.3 Å². The summed E-state index contributed by atoms with van der Waals surface area (Å²) in [5.41, 5.74) is 0.846. The second kappa shape index (κ2) is 7.34. The van der Waals surface area contributed by atoms with E-state index in [4.69, 9.17) is 5.26 Å². The van der Waals surface area contributed by atoms with E-state index in [2.05, 4.69) is 32.0 Å². The fourth-order valence-corrected chi connectivity index (χ4v) is 6.18. The second-order valence-electron chi connectivity index (χ2n) is 5.97. The summed E-state index contributed by atoms with van der Waals surface area (Å²) in [6.45, 7) is 3.78. The van der Waals surface area contributed by atoms with Crippen LogP contribution in [0.4, 0.5) is 5.82 Å². The first-order valence-electron chi connectivity index (χ1n) is 7.90. The predicted molar refractivity (Wildman–Crippen MR) is 86.7 cm³/mol. The van der Waals surface area contributed by atoms with E-state index >= 15 is 0 Å². The van der Waals surface area contributed by atoms with Crippen molar-refractivity contribution in [3.05, 3.63) is 18.6 Å². The van der Waals surface area contributed by atoms with Gasteiger partial charge in [-0.2, -0.15) is 0 Å². The molecule has 1 unspecified atom stereocenters. The van der Waals surface area contributed by atoms with Gasteiger partial charge in [-0.25, -0.2) is 0 Å². The van der Waals surface area contributed by atoms with Gasteiger partial charge in [0, 0.05) is 0 Å². The van der Waals surface area contributed by atoms with Gasteiger partial charge in [0.1, 0.15) is 0 Å². The summed E-state index contributed by atoms with van der Waals surface area (Å²) in [5.74, 6) is 1.48. The molecular weight excluding hydrogens is 419 g/mol. The van der Waals surface area contributed by atoms with Crippen molar-refractivity contribution in [1.29, 1.82) is 5.26 Å². The molecule has 0 bridgehead atoms. The molecule has 0 aromatic carbocycles. The van der Waals surface area contributed by atoms with Crippen LogP contribution in [-0.4, -0.2) is 49.8 Å². The van der Waals surface area contributed by atoms with Crippen LogP contribution >= 0.6 is 0 Å². The molecule has 0 saturated carbocycles. The molecule has 1 amide bonds. The molecule has 128 valence electrons. The average molecular weight is 439 g/mol. The summed E-state index contributed by atoms with van der Waals surface area (Å²) in [5, 5.41) is 9.77. The van der Waals surface area contributed by atoms with Crippen LogP contribution in [-0.2, 0) is 4.79 Å². The summed E-state index contributed by atoms with van der Waals surface area (Å²) in [7, 11) is 2.07. The van der Waals surface area contributed by atoms with Gasteiger partial charge in [0.2, 0.25) is 0 Å². The zero-order chi connectivity index (χ0) is 17.1. The third kappa shape index (κ3) is 3.45. The normalized spacial score (nSPS) is 21.0. The molecule has 1 saturated heterocycles. The van der Waals surface area contributed by atoms with Crippen molar-refractivity contribution in [2.24, 2.45) is 5.92 Å². The third-order valence-corrected chi connectivity index (χ3v) is 7.98. The fourth-order valence-electron chi connectivity index (χ4n) is 2.89. The Morgan fingerprint density at radius 3 is 3.21 bits per heavy atom. The number of H-pyrrole nitrogens is 1. The van der Waals surface area contributed by atoms with Crippen LogP contribution in [0.1, 0.15) is 19.8 Å². The van der Waals surface area contributed by atoms with E-state index in [1.807, 2.05) is 23.2 Å². The van der Waals surface area contributed by atoms with E-state index in [0.29, 0.717) is 9.84 Å². The first kappa shape index (κ1) is 17.0. The second-order valence-corrected chi connectivity index (χ2v) is 9.57. The van der Waals surface area contributed by atoms with Gasteiger partial charge in [-0.15, -0.1) is 0 Å². The Bertz CT molecular complexity index is 769. The number of rotatable bonds is 4. The number of fused-ring (bicyclic) bond motifs is 1. The first-order valence-corrected chi connectivity index (χ1v) is 10.1. The number of hydrogen-bond donors (Lipinski definition) is 1. The van der Waals surface area contributed by atoms with E-state index < -0.39 is 0 Å². The summed E-state index contributed by atoms with van der Waals surface area (Å²) in [4.78, 5) is 25.7. The number of likely N-dealkylation sites (tertiary alicyclic amines) is 1. The SMILES string of the molecule is C[C@@H]1CCN(C(=O)CC#N)CC1[I-]N(C)c1ncnc2[nH]ccc12. The van der Waals surface area contributed by atoms with E-state index in [9.17, 15) is 4.79 Å². The van der Waals surface area contributed by atoms with Gasteiger partial charge < -0.3 is 0 Å². The standard InChI is InChI=1S/C16H20IN6O/c1-11-5-8-23(14(24)3-6-18)9-13(11)17-22(2)16-12-4-7-19-15(12)20-10-21-16/h4,7,10-11,13H,3,5,8-9H2,1-2H3,(H,19,20,21)/q-1/t11-,13?/m1/s1. The average Bonchev–Trinajstić information content (AvgIpc) is 3.05. The number of halogens is 1. The zero-order valence-corrected chi connectivity index (χ0v) is 15.9. The Kier molecular flexibility index (Phi) is 5.18. The Labute approximate surface area is 151 Å². The van der Waals surface area contributed by atoms with Gasteiger partial charge in [0.05, 0.1) is 0 Å². The van der Waals surface area contributed by atoms with E-state index in [-0.39, 0.29) is 33.8 Å². The monoisotopic (exact) mass is 439 g/mol. The summed E-state index contributed by atoms with van der Waals surface area (Å²) >= 11 is -0.344. The number of carbonyl (C=O) groups excluding carboxylic acids is 1. The third-order valence-electron chi connectivity index (χ3n) is 4.35. The number of carbonyl (C=O) groups is 1. The molecule has 2 aromatic heterocycles. The van der Waals surface area contributed by atoms with Crippen LogP contribution < -0.4 is 24.6 Å². The molecule has 8 heteroatoms. The van der Waals surface area contributed by atoms with Gasteiger partial charge in [0.25, 0.3) is 0 Å². The van der Waals surface area contributed by atoms with Crippen molar-refractivity contribution in [1.82, 2.24) is 19.9 Å². The van der Waals surface area contributed by atoms with E-state index in [1.165, 1.54) is 0 Å². The van der Waals surface area contributed by atoms with E-state index in [1.54, 1.807) is 6.33 Å². The Morgan fingerprint density at radius 1 is 1.58 bits per heavy atom. The number of piperidine rings is 1. The number of nitriles is 1. The fraction of sp³-hybridized carbons (Fsp3) is 0.500. The maximum atomic E-state index is 12.0. The van der Waals surface area contributed by atoms with Gasteiger partial charge >= 0.3 is 152 Å². The van der Waals surface area contributed by atoms with Crippen molar-refractivity contribution < 1.29 is 26.3 Å². The minimum absolute atomic E-state index is 0.0227. The van der Waals surface area contributed by atoms with Crippen LogP contribution in [0.5, 0.6) is 0 Å². The summed E-state index contributed by atoms with van der Waals surface area (Å²) in [6, 6.07) is 3.96. The molecule has 2 atom stereocenters. The van der Waals surface area contributed by atoms with Crippen molar-refractivity contribution >= 4 is 22.8 Å². The minimum atomic E-state index is -0.344.